The molecule has 0 radical (unpaired) electrons. The van der Waals surface area contributed by atoms with Crippen molar-refractivity contribution in [2.24, 2.45) is 5.41 Å². The van der Waals surface area contributed by atoms with Gasteiger partial charge in [0.1, 0.15) is 0 Å². The summed E-state index contributed by atoms with van der Waals surface area (Å²) >= 11 is 0. The molecular formula is C16H34N2O. The molecule has 1 aliphatic carbocycles. The molecule has 1 rings (SSSR count). The molecule has 1 saturated carbocycles. The molecule has 3 heteroatoms. The third-order valence-electron chi connectivity index (χ3n) is 4.54. The second-order valence-electron chi connectivity index (χ2n) is 6.48. The predicted octanol–water partition coefficient (Wildman–Crippen LogP) is 2.64. The molecule has 0 bridgehead atoms. The van der Waals surface area contributed by atoms with Crippen LogP contribution in [0.1, 0.15) is 59.3 Å². The molecule has 0 aliphatic heterocycles. The first-order valence-corrected chi connectivity index (χ1v) is 8.19. The highest BCUT2D eigenvalue weighted by Gasteiger charge is 2.33. The lowest BCUT2D eigenvalue weighted by atomic mass is 9.73. The Morgan fingerprint density at radius 3 is 2.42 bits per heavy atom. The number of hydrogen-bond donors (Lipinski definition) is 2. The average Bonchev–Trinajstić information content (AvgIpc) is 2.42. The van der Waals surface area contributed by atoms with Gasteiger partial charge in [-0.2, -0.15) is 0 Å². The van der Waals surface area contributed by atoms with Gasteiger partial charge in [-0.15, -0.1) is 0 Å². The Morgan fingerprint density at radius 1 is 1.21 bits per heavy atom. The number of hydrogen-bond acceptors (Lipinski definition) is 3. The highest BCUT2D eigenvalue weighted by molar-refractivity contribution is 4.88. The monoisotopic (exact) mass is 270 g/mol. The quantitative estimate of drug-likeness (QED) is 0.676. The summed E-state index contributed by atoms with van der Waals surface area (Å²) in [4.78, 5) is 2.57. The topological polar surface area (TPSA) is 35.5 Å². The summed E-state index contributed by atoms with van der Waals surface area (Å²) in [5, 5.41) is 12.7. The van der Waals surface area contributed by atoms with Crippen molar-refractivity contribution in [2.75, 3.05) is 32.8 Å². The van der Waals surface area contributed by atoms with E-state index in [1.54, 1.807) is 0 Å². The maximum atomic E-state index is 9.07. The first kappa shape index (κ1) is 16.9. The molecule has 0 amide bonds. The van der Waals surface area contributed by atoms with Crippen LogP contribution in [0.5, 0.6) is 0 Å². The second-order valence-corrected chi connectivity index (χ2v) is 6.48. The van der Waals surface area contributed by atoms with Crippen LogP contribution in [0, 0.1) is 5.41 Å². The number of aliphatic hydroxyl groups excluding tert-OH is 1. The Kier molecular flexibility index (Phi) is 7.96. The van der Waals surface area contributed by atoms with Crippen molar-refractivity contribution in [2.45, 2.75) is 65.3 Å². The number of nitrogens with zero attached hydrogens (tertiary/aromatic N) is 1. The minimum Gasteiger partial charge on any atom is -0.396 e. The van der Waals surface area contributed by atoms with E-state index in [9.17, 15) is 0 Å². The number of rotatable bonds is 9. The van der Waals surface area contributed by atoms with E-state index in [0.29, 0.717) is 18.1 Å². The van der Waals surface area contributed by atoms with Crippen molar-refractivity contribution in [3.8, 4) is 0 Å². The van der Waals surface area contributed by atoms with Crippen LogP contribution in [-0.4, -0.2) is 48.8 Å². The maximum Gasteiger partial charge on any atom is 0.0443 e. The van der Waals surface area contributed by atoms with Crippen LogP contribution in [0.3, 0.4) is 0 Å². The standard InChI is InChI=1S/C16H34N2O/c1-4-17-13-16(9-6-5-7-10-16)14-18(15(2)3)11-8-12-19/h15,17,19H,4-14H2,1-3H3. The Bertz CT molecular complexity index is 225. The van der Waals surface area contributed by atoms with Gasteiger partial charge in [0, 0.05) is 32.3 Å². The van der Waals surface area contributed by atoms with Crippen molar-refractivity contribution in [1.82, 2.24) is 10.2 Å². The summed E-state index contributed by atoms with van der Waals surface area (Å²) in [6.45, 7) is 11.5. The van der Waals surface area contributed by atoms with Crippen molar-refractivity contribution >= 4 is 0 Å². The van der Waals surface area contributed by atoms with E-state index in [1.165, 1.54) is 38.6 Å². The van der Waals surface area contributed by atoms with E-state index >= 15 is 0 Å². The summed E-state index contributed by atoms with van der Waals surface area (Å²) in [7, 11) is 0. The minimum atomic E-state index is 0.309. The molecule has 0 unspecified atom stereocenters. The normalized spacial score (nSPS) is 19.3. The lowest BCUT2D eigenvalue weighted by molar-refractivity contribution is 0.0788. The van der Waals surface area contributed by atoms with Crippen molar-refractivity contribution < 1.29 is 5.11 Å². The second kappa shape index (κ2) is 8.93. The van der Waals surface area contributed by atoms with Gasteiger partial charge in [0.2, 0.25) is 0 Å². The summed E-state index contributed by atoms with van der Waals surface area (Å²) in [5.41, 5.74) is 0.466. The molecule has 114 valence electrons. The molecule has 0 spiro atoms. The molecule has 0 aromatic carbocycles. The van der Waals surface area contributed by atoms with Gasteiger partial charge in [-0.3, -0.25) is 0 Å². The Labute approximate surface area is 119 Å². The molecule has 0 aromatic rings. The van der Waals surface area contributed by atoms with Crippen LogP contribution >= 0.6 is 0 Å². The summed E-state index contributed by atoms with van der Waals surface area (Å²) in [5.74, 6) is 0. The van der Waals surface area contributed by atoms with Crippen LogP contribution in [0.2, 0.25) is 0 Å². The molecule has 0 atom stereocenters. The van der Waals surface area contributed by atoms with E-state index in [1.807, 2.05) is 0 Å². The molecule has 1 aliphatic rings. The van der Waals surface area contributed by atoms with Crippen LogP contribution < -0.4 is 5.32 Å². The van der Waals surface area contributed by atoms with Gasteiger partial charge in [0.05, 0.1) is 0 Å². The van der Waals surface area contributed by atoms with Crippen molar-refractivity contribution in [3.63, 3.8) is 0 Å². The van der Waals surface area contributed by atoms with Gasteiger partial charge in [-0.1, -0.05) is 26.2 Å². The minimum absolute atomic E-state index is 0.309. The fourth-order valence-corrected chi connectivity index (χ4v) is 3.31. The lowest BCUT2D eigenvalue weighted by Gasteiger charge is -2.43. The van der Waals surface area contributed by atoms with Gasteiger partial charge in [-0.25, -0.2) is 0 Å². The molecule has 2 N–H and O–H groups in total. The molecule has 0 heterocycles. The summed E-state index contributed by atoms with van der Waals surface area (Å²) in [6.07, 6.45) is 7.81. The van der Waals surface area contributed by atoms with Gasteiger partial charge >= 0.3 is 0 Å². The fraction of sp³-hybridized carbons (Fsp3) is 1.00. The van der Waals surface area contributed by atoms with Crippen molar-refractivity contribution in [1.29, 1.82) is 0 Å². The van der Waals surface area contributed by atoms with Crippen LogP contribution in [-0.2, 0) is 0 Å². The van der Waals surface area contributed by atoms with Gasteiger partial charge < -0.3 is 15.3 Å². The van der Waals surface area contributed by atoms with Crippen LogP contribution in [0.15, 0.2) is 0 Å². The lowest BCUT2D eigenvalue weighted by Crippen LogP contribution is -2.47. The molecule has 19 heavy (non-hydrogen) atoms. The third-order valence-corrected chi connectivity index (χ3v) is 4.54. The Morgan fingerprint density at radius 2 is 1.89 bits per heavy atom. The Hall–Kier alpha value is -0.120. The van der Waals surface area contributed by atoms with E-state index < -0.39 is 0 Å². The largest absolute Gasteiger partial charge is 0.396 e. The zero-order valence-corrected chi connectivity index (χ0v) is 13.2. The molecule has 0 aromatic heterocycles. The maximum absolute atomic E-state index is 9.07. The highest BCUT2D eigenvalue weighted by atomic mass is 16.3. The SMILES string of the molecule is CCNCC1(CN(CCCO)C(C)C)CCCCC1. The highest BCUT2D eigenvalue weighted by Crippen LogP contribution is 2.37. The summed E-state index contributed by atoms with van der Waals surface area (Å²) in [6, 6.07) is 0.576. The number of aliphatic hydroxyl groups is 1. The predicted molar refractivity (Wildman–Crippen MR) is 82.5 cm³/mol. The molecule has 3 nitrogen and oxygen atoms in total. The molecular weight excluding hydrogens is 236 g/mol. The smallest absolute Gasteiger partial charge is 0.0443 e. The van der Waals surface area contributed by atoms with Crippen molar-refractivity contribution in [3.05, 3.63) is 0 Å². The zero-order valence-electron chi connectivity index (χ0n) is 13.2. The van der Waals surface area contributed by atoms with Gasteiger partial charge in [0.15, 0.2) is 0 Å². The Balaban J connectivity index is 2.61. The molecule has 1 fully saturated rings. The zero-order chi connectivity index (χ0) is 14.1. The number of nitrogens with one attached hydrogen (secondary N) is 1. The van der Waals surface area contributed by atoms with E-state index in [0.717, 1.165) is 26.1 Å². The molecule has 0 saturated heterocycles. The van der Waals surface area contributed by atoms with Gasteiger partial charge in [0.25, 0.3) is 0 Å². The third kappa shape index (κ3) is 5.80. The van der Waals surface area contributed by atoms with Crippen LogP contribution in [0.4, 0.5) is 0 Å². The van der Waals surface area contributed by atoms with Gasteiger partial charge in [-0.05, 0) is 45.1 Å². The van der Waals surface area contributed by atoms with E-state index in [2.05, 4.69) is 31.0 Å². The average molecular weight is 270 g/mol. The van der Waals surface area contributed by atoms with Crippen LogP contribution in [0.25, 0.3) is 0 Å². The summed E-state index contributed by atoms with van der Waals surface area (Å²) < 4.78 is 0. The first-order chi connectivity index (χ1) is 9.13. The first-order valence-electron chi connectivity index (χ1n) is 8.19. The fourth-order valence-electron chi connectivity index (χ4n) is 3.31. The van der Waals surface area contributed by atoms with E-state index in [4.69, 9.17) is 5.11 Å². The van der Waals surface area contributed by atoms with E-state index in [-0.39, 0.29) is 0 Å².